The SMILES string of the molecule is COc1ccc(NC2CCCN(C)C2)cc1Cl. The standard InChI is InChI=1S/C13H19ClN2O/c1-16-7-3-4-11(9-16)15-10-5-6-13(17-2)12(14)8-10/h5-6,8,11,15H,3-4,7,9H2,1-2H3. The molecule has 0 bridgehead atoms. The van der Waals surface area contributed by atoms with Crippen LogP contribution in [0.25, 0.3) is 0 Å². The van der Waals surface area contributed by atoms with Crippen molar-refractivity contribution in [1.82, 2.24) is 4.90 Å². The van der Waals surface area contributed by atoms with Crippen molar-refractivity contribution in [3.05, 3.63) is 23.2 Å². The summed E-state index contributed by atoms with van der Waals surface area (Å²) in [6.07, 6.45) is 2.46. The lowest BCUT2D eigenvalue weighted by molar-refractivity contribution is 0.261. The minimum Gasteiger partial charge on any atom is -0.495 e. The summed E-state index contributed by atoms with van der Waals surface area (Å²) in [6.45, 7) is 2.28. The summed E-state index contributed by atoms with van der Waals surface area (Å²) in [7, 11) is 3.79. The first-order chi connectivity index (χ1) is 8.19. The van der Waals surface area contributed by atoms with Crippen LogP contribution in [0.3, 0.4) is 0 Å². The molecule has 0 spiro atoms. The molecule has 0 saturated carbocycles. The highest BCUT2D eigenvalue weighted by atomic mass is 35.5. The topological polar surface area (TPSA) is 24.5 Å². The number of ether oxygens (including phenoxy) is 1. The van der Waals surface area contributed by atoms with E-state index in [0.29, 0.717) is 11.1 Å². The second-order valence-corrected chi connectivity index (χ2v) is 5.00. The van der Waals surface area contributed by atoms with Crippen molar-refractivity contribution >= 4 is 17.3 Å². The second-order valence-electron chi connectivity index (χ2n) is 4.60. The number of nitrogens with zero attached hydrogens (tertiary/aromatic N) is 1. The molecule has 1 aromatic rings. The van der Waals surface area contributed by atoms with Gasteiger partial charge in [-0.2, -0.15) is 0 Å². The predicted octanol–water partition coefficient (Wildman–Crippen LogP) is 2.85. The lowest BCUT2D eigenvalue weighted by Gasteiger charge is -2.31. The smallest absolute Gasteiger partial charge is 0.137 e. The lowest BCUT2D eigenvalue weighted by Crippen LogP contribution is -2.39. The number of halogens is 1. The fourth-order valence-electron chi connectivity index (χ4n) is 2.28. The maximum Gasteiger partial charge on any atom is 0.137 e. The van der Waals surface area contributed by atoms with Gasteiger partial charge in [-0.3, -0.25) is 0 Å². The van der Waals surface area contributed by atoms with Gasteiger partial charge >= 0.3 is 0 Å². The summed E-state index contributed by atoms with van der Waals surface area (Å²) in [5.74, 6) is 0.720. The Morgan fingerprint density at radius 1 is 1.47 bits per heavy atom. The molecule has 1 aromatic carbocycles. The maximum absolute atomic E-state index is 6.10. The quantitative estimate of drug-likeness (QED) is 0.898. The normalized spacial score (nSPS) is 21.2. The van der Waals surface area contributed by atoms with Gasteiger partial charge in [-0.05, 0) is 44.6 Å². The third-order valence-corrected chi connectivity index (χ3v) is 3.44. The van der Waals surface area contributed by atoms with Crippen molar-refractivity contribution in [2.24, 2.45) is 0 Å². The molecule has 1 aliphatic rings. The minimum atomic E-state index is 0.512. The Bertz CT molecular complexity index is 384. The van der Waals surface area contributed by atoms with E-state index in [2.05, 4.69) is 17.3 Å². The number of anilines is 1. The number of likely N-dealkylation sites (N-methyl/N-ethyl adjacent to an activating group) is 1. The fraction of sp³-hybridized carbons (Fsp3) is 0.538. The molecule has 1 saturated heterocycles. The number of likely N-dealkylation sites (tertiary alicyclic amines) is 1. The molecule has 1 heterocycles. The molecule has 2 rings (SSSR count). The van der Waals surface area contributed by atoms with E-state index in [1.165, 1.54) is 19.4 Å². The summed E-state index contributed by atoms with van der Waals surface area (Å²) in [5.41, 5.74) is 1.07. The molecule has 0 radical (unpaired) electrons. The molecule has 3 nitrogen and oxygen atoms in total. The van der Waals surface area contributed by atoms with Crippen molar-refractivity contribution in [2.45, 2.75) is 18.9 Å². The highest BCUT2D eigenvalue weighted by molar-refractivity contribution is 6.32. The molecule has 1 unspecified atom stereocenters. The molecule has 0 aliphatic carbocycles. The Morgan fingerprint density at radius 3 is 2.94 bits per heavy atom. The average molecular weight is 255 g/mol. The van der Waals surface area contributed by atoms with Gasteiger partial charge in [0, 0.05) is 18.3 Å². The van der Waals surface area contributed by atoms with Gasteiger partial charge in [0.25, 0.3) is 0 Å². The van der Waals surface area contributed by atoms with E-state index in [9.17, 15) is 0 Å². The molecule has 4 heteroatoms. The van der Waals surface area contributed by atoms with Crippen LogP contribution in [0.2, 0.25) is 5.02 Å². The van der Waals surface area contributed by atoms with Crippen molar-refractivity contribution in [1.29, 1.82) is 0 Å². The Balaban J connectivity index is 2.00. The molecule has 1 atom stereocenters. The summed E-state index contributed by atoms with van der Waals surface area (Å²) in [5, 5.41) is 4.18. The highest BCUT2D eigenvalue weighted by Gasteiger charge is 2.16. The van der Waals surface area contributed by atoms with E-state index in [4.69, 9.17) is 16.3 Å². The van der Waals surface area contributed by atoms with Crippen LogP contribution in [0.4, 0.5) is 5.69 Å². The molecule has 0 amide bonds. The number of piperidine rings is 1. The van der Waals surface area contributed by atoms with Crippen LogP contribution in [0.1, 0.15) is 12.8 Å². The van der Waals surface area contributed by atoms with Gasteiger partial charge in [0.2, 0.25) is 0 Å². The Hall–Kier alpha value is -0.930. The van der Waals surface area contributed by atoms with Gasteiger partial charge in [-0.25, -0.2) is 0 Å². The number of nitrogens with one attached hydrogen (secondary N) is 1. The molecule has 0 aromatic heterocycles. The van der Waals surface area contributed by atoms with E-state index in [-0.39, 0.29) is 0 Å². The van der Waals surface area contributed by atoms with E-state index in [0.717, 1.165) is 18.0 Å². The first-order valence-electron chi connectivity index (χ1n) is 5.97. The Morgan fingerprint density at radius 2 is 2.29 bits per heavy atom. The van der Waals surface area contributed by atoms with Gasteiger partial charge in [0.1, 0.15) is 5.75 Å². The second kappa shape index (κ2) is 5.61. The summed E-state index contributed by atoms with van der Waals surface area (Å²) in [4.78, 5) is 2.35. The van der Waals surface area contributed by atoms with E-state index in [1.807, 2.05) is 18.2 Å². The summed E-state index contributed by atoms with van der Waals surface area (Å²) >= 11 is 6.10. The summed E-state index contributed by atoms with van der Waals surface area (Å²) in [6, 6.07) is 6.35. The van der Waals surface area contributed by atoms with Gasteiger partial charge in [-0.1, -0.05) is 11.6 Å². The van der Waals surface area contributed by atoms with Crippen LogP contribution in [0.5, 0.6) is 5.75 Å². The third-order valence-electron chi connectivity index (χ3n) is 3.15. The molecule has 1 N–H and O–H groups in total. The summed E-state index contributed by atoms with van der Waals surface area (Å²) < 4.78 is 5.14. The van der Waals surface area contributed by atoms with Crippen LogP contribution >= 0.6 is 11.6 Å². The van der Waals surface area contributed by atoms with E-state index in [1.54, 1.807) is 7.11 Å². The van der Waals surface area contributed by atoms with Gasteiger partial charge in [0.15, 0.2) is 0 Å². The highest BCUT2D eigenvalue weighted by Crippen LogP contribution is 2.28. The molecule has 1 fully saturated rings. The molecular weight excluding hydrogens is 236 g/mol. The predicted molar refractivity (Wildman–Crippen MR) is 72.1 cm³/mol. The van der Waals surface area contributed by atoms with Crippen molar-refractivity contribution in [2.75, 3.05) is 32.6 Å². The zero-order valence-electron chi connectivity index (χ0n) is 10.4. The number of rotatable bonds is 3. The monoisotopic (exact) mass is 254 g/mol. The van der Waals surface area contributed by atoms with Crippen molar-refractivity contribution in [3.63, 3.8) is 0 Å². The molecular formula is C13H19ClN2O. The first kappa shape index (κ1) is 12.5. The number of hydrogen-bond acceptors (Lipinski definition) is 3. The van der Waals surface area contributed by atoms with Crippen LogP contribution in [-0.2, 0) is 0 Å². The zero-order valence-corrected chi connectivity index (χ0v) is 11.1. The minimum absolute atomic E-state index is 0.512. The fourth-order valence-corrected chi connectivity index (χ4v) is 2.53. The lowest BCUT2D eigenvalue weighted by atomic mass is 10.1. The average Bonchev–Trinajstić information content (AvgIpc) is 2.29. The van der Waals surface area contributed by atoms with Gasteiger partial charge in [-0.15, -0.1) is 0 Å². The zero-order chi connectivity index (χ0) is 12.3. The van der Waals surface area contributed by atoms with Crippen LogP contribution in [0.15, 0.2) is 18.2 Å². The van der Waals surface area contributed by atoms with Crippen LogP contribution < -0.4 is 10.1 Å². The van der Waals surface area contributed by atoms with E-state index >= 15 is 0 Å². The van der Waals surface area contributed by atoms with Crippen LogP contribution in [-0.4, -0.2) is 38.2 Å². The Labute approximate surface area is 108 Å². The third kappa shape index (κ3) is 3.27. The van der Waals surface area contributed by atoms with E-state index < -0.39 is 0 Å². The molecule has 1 aliphatic heterocycles. The molecule has 17 heavy (non-hydrogen) atoms. The van der Waals surface area contributed by atoms with Crippen LogP contribution in [0, 0.1) is 0 Å². The van der Waals surface area contributed by atoms with Crippen molar-refractivity contribution < 1.29 is 4.74 Å². The largest absolute Gasteiger partial charge is 0.495 e. The Kier molecular flexibility index (Phi) is 4.13. The van der Waals surface area contributed by atoms with Gasteiger partial charge in [0.05, 0.1) is 12.1 Å². The first-order valence-corrected chi connectivity index (χ1v) is 6.35. The maximum atomic E-state index is 6.10. The van der Waals surface area contributed by atoms with Crippen molar-refractivity contribution in [3.8, 4) is 5.75 Å². The number of methoxy groups -OCH3 is 1. The number of hydrogen-bond donors (Lipinski definition) is 1. The van der Waals surface area contributed by atoms with Gasteiger partial charge < -0.3 is 15.0 Å². The molecule has 94 valence electrons. The number of benzene rings is 1.